The zero-order valence-corrected chi connectivity index (χ0v) is 15.5. The number of aromatic nitrogens is 2. The van der Waals surface area contributed by atoms with Crippen LogP contribution in [-0.2, 0) is 11.2 Å². The molecule has 3 aromatic rings. The largest absolute Gasteiger partial charge is 0.342 e. The van der Waals surface area contributed by atoms with Gasteiger partial charge in [0.2, 0.25) is 5.91 Å². The molecule has 4 rings (SSSR count). The van der Waals surface area contributed by atoms with Crippen LogP contribution in [0.2, 0.25) is 0 Å². The third kappa shape index (κ3) is 3.48. The number of benzene rings is 2. The van der Waals surface area contributed by atoms with Gasteiger partial charge in [-0.3, -0.25) is 4.79 Å². The van der Waals surface area contributed by atoms with Crippen molar-refractivity contribution in [2.75, 3.05) is 13.1 Å². The highest BCUT2D eigenvalue weighted by Gasteiger charge is 2.26. The molecule has 1 aliphatic heterocycles. The molecular weight excluding hydrogens is 367 g/mol. The van der Waals surface area contributed by atoms with Gasteiger partial charge >= 0.3 is 0 Å². The van der Waals surface area contributed by atoms with Gasteiger partial charge in [-0.25, -0.2) is 18.2 Å². The van der Waals surface area contributed by atoms with E-state index in [0.29, 0.717) is 18.7 Å². The van der Waals surface area contributed by atoms with Gasteiger partial charge in [-0.1, -0.05) is 6.07 Å². The second-order valence-electron chi connectivity index (χ2n) is 7.20. The zero-order chi connectivity index (χ0) is 19.8. The minimum absolute atomic E-state index is 0.0418. The number of carbonyl (C=O) groups is 1. The quantitative estimate of drug-likeness (QED) is 0.677. The van der Waals surface area contributed by atoms with Crippen molar-refractivity contribution >= 4 is 16.9 Å². The highest BCUT2D eigenvalue weighted by Crippen LogP contribution is 2.29. The smallest absolute Gasteiger partial charge is 0.226 e. The van der Waals surface area contributed by atoms with Gasteiger partial charge in [-0.05, 0) is 55.7 Å². The van der Waals surface area contributed by atoms with E-state index in [9.17, 15) is 18.0 Å². The lowest BCUT2D eigenvalue weighted by molar-refractivity contribution is -0.131. The molecule has 0 bridgehead atoms. The third-order valence-corrected chi connectivity index (χ3v) is 5.35. The summed E-state index contributed by atoms with van der Waals surface area (Å²) < 4.78 is 42.1. The number of imidazole rings is 1. The third-order valence-electron chi connectivity index (χ3n) is 5.35. The van der Waals surface area contributed by atoms with E-state index in [1.54, 1.807) is 11.0 Å². The van der Waals surface area contributed by atoms with Crippen LogP contribution in [0.15, 0.2) is 36.4 Å². The molecule has 0 spiro atoms. The maximum atomic E-state index is 13.7. The van der Waals surface area contributed by atoms with Crippen molar-refractivity contribution in [2.24, 2.45) is 0 Å². The van der Waals surface area contributed by atoms with E-state index in [2.05, 4.69) is 9.55 Å². The van der Waals surface area contributed by atoms with Gasteiger partial charge in [0.05, 0.1) is 17.5 Å². The Morgan fingerprint density at radius 1 is 1.07 bits per heavy atom. The van der Waals surface area contributed by atoms with Crippen LogP contribution in [0.1, 0.15) is 30.3 Å². The summed E-state index contributed by atoms with van der Waals surface area (Å²) in [6, 6.07) is 8.24. The summed E-state index contributed by atoms with van der Waals surface area (Å²) >= 11 is 0. The molecule has 0 N–H and O–H groups in total. The molecule has 1 amide bonds. The molecule has 0 aliphatic carbocycles. The van der Waals surface area contributed by atoms with E-state index in [-0.39, 0.29) is 24.2 Å². The molecule has 2 aromatic carbocycles. The molecule has 0 unspecified atom stereocenters. The number of aryl methyl sites for hydroxylation is 1. The van der Waals surface area contributed by atoms with Gasteiger partial charge in [-0.2, -0.15) is 0 Å². The summed E-state index contributed by atoms with van der Waals surface area (Å²) in [7, 11) is 0. The van der Waals surface area contributed by atoms with E-state index < -0.39 is 11.6 Å². The van der Waals surface area contributed by atoms with Crippen molar-refractivity contribution in [3.63, 3.8) is 0 Å². The second kappa shape index (κ2) is 7.30. The Morgan fingerprint density at radius 2 is 1.82 bits per heavy atom. The number of piperidine rings is 1. The Balaban J connectivity index is 1.45. The minimum atomic E-state index is -0.946. The normalized spacial score (nSPS) is 15.4. The predicted octanol–water partition coefficient (Wildman–Crippen LogP) is 4.17. The number of carbonyl (C=O) groups excluding carboxylic acids is 1. The van der Waals surface area contributed by atoms with Crippen LogP contribution in [0.5, 0.6) is 0 Å². The van der Waals surface area contributed by atoms with Gasteiger partial charge in [-0.15, -0.1) is 0 Å². The van der Waals surface area contributed by atoms with E-state index in [1.165, 1.54) is 18.2 Å². The minimum Gasteiger partial charge on any atom is -0.342 e. The molecule has 28 heavy (non-hydrogen) atoms. The molecule has 1 saturated heterocycles. The van der Waals surface area contributed by atoms with Crippen molar-refractivity contribution in [1.29, 1.82) is 0 Å². The fourth-order valence-corrected chi connectivity index (χ4v) is 3.96. The van der Waals surface area contributed by atoms with Crippen molar-refractivity contribution in [3.8, 4) is 0 Å². The van der Waals surface area contributed by atoms with Crippen LogP contribution in [0.3, 0.4) is 0 Å². The van der Waals surface area contributed by atoms with E-state index in [1.807, 2.05) is 6.92 Å². The van der Waals surface area contributed by atoms with Crippen LogP contribution < -0.4 is 0 Å². The Morgan fingerprint density at radius 3 is 2.54 bits per heavy atom. The SMILES string of the molecule is Cc1nc2ccc(F)cc2n1C1CCN(C(=O)Cc2ccc(F)c(F)c2)CC1. The molecule has 2 heterocycles. The van der Waals surface area contributed by atoms with Crippen LogP contribution in [0.25, 0.3) is 11.0 Å². The summed E-state index contributed by atoms with van der Waals surface area (Å²) in [5.74, 6) is -1.45. The van der Waals surface area contributed by atoms with Gasteiger partial charge in [0, 0.05) is 19.1 Å². The molecule has 0 saturated carbocycles. The summed E-state index contributed by atoms with van der Waals surface area (Å²) in [4.78, 5) is 18.8. The summed E-state index contributed by atoms with van der Waals surface area (Å²) in [5.41, 5.74) is 1.98. The number of hydrogen-bond acceptors (Lipinski definition) is 2. The van der Waals surface area contributed by atoms with Crippen LogP contribution >= 0.6 is 0 Å². The van der Waals surface area contributed by atoms with Crippen LogP contribution in [0.4, 0.5) is 13.2 Å². The Labute approximate surface area is 160 Å². The van der Waals surface area contributed by atoms with E-state index >= 15 is 0 Å². The molecular formula is C21H20F3N3O. The maximum absolute atomic E-state index is 13.7. The molecule has 0 radical (unpaired) electrons. The van der Waals surface area contributed by atoms with Gasteiger partial charge in [0.15, 0.2) is 11.6 Å². The molecule has 4 nitrogen and oxygen atoms in total. The Hall–Kier alpha value is -2.83. The number of fused-ring (bicyclic) bond motifs is 1. The maximum Gasteiger partial charge on any atom is 0.226 e. The first kappa shape index (κ1) is 18.5. The lowest BCUT2D eigenvalue weighted by atomic mass is 10.0. The number of hydrogen-bond donors (Lipinski definition) is 0. The number of likely N-dealkylation sites (tertiary alicyclic amines) is 1. The number of nitrogens with zero attached hydrogens (tertiary/aromatic N) is 3. The first-order valence-corrected chi connectivity index (χ1v) is 9.28. The highest BCUT2D eigenvalue weighted by atomic mass is 19.2. The van der Waals surface area contributed by atoms with Gasteiger partial charge < -0.3 is 9.47 Å². The number of amides is 1. The van der Waals surface area contributed by atoms with Gasteiger partial charge in [0.25, 0.3) is 0 Å². The van der Waals surface area contributed by atoms with E-state index in [4.69, 9.17) is 0 Å². The van der Waals surface area contributed by atoms with Crippen LogP contribution in [-0.4, -0.2) is 33.4 Å². The fourth-order valence-electron chi connectivity index (χ4n) is 3.96. The van der Waals surface area contributed by atoms with E-state index in [0.717, 1.165) is 41.8 Å². The average molecular weight is 387 g/mol. The molecule has 1 aromatic heterocycles. The summed E-state index contributed by atoms with van der Waals surface area (Å²) in [5, 5.41) is 0. The van der Waals surface area contributed by atoms with Crippen LogP contribution in [0, 0.1) is 24.4 Å². The Bertz CT molecular complexity index is 1040. The molecule has 1 fully saturated rings. The standard InChI is InChI=1S/C21H20F3N3O/c1-13-25-19-5-3-15(22)12-20(19)27(13)16-6-8-26(9-7-16)21(28)11-14-2-4-17(23)18(24)10-14/h2-5,10,12,16H,6-9,11H2,1H3. The van der Waals surface area contributed by atoms with Crippen molar-refractivity contribution < 1.29 is 18.0 Å². The van der Waals surface area contributed by atoms with Crippen molar-refractivity contribution in [1.82, 2.24) is 14.5 Å². The second-order valence-corrected chi connectivity index (χ2v) is 7.20. The Kier molecular flexibility index (Phi) is 4.83. The first-order valence-electron chi connectivity index (χ1n) is 9.28. The molecule has 0 atom stereocenters. The molecule has 146 valence electrons. The van der Waals surface area contributed by atoms with Crippen molar-refractivity contribution in [3.05, 3.63) is 65.2 Å². The van der Waals surface area contributed by atoms with Crippen molar-refractivity contribution in [2.45, 2.75) is 32.2 Å². The van der Waals surface area contributed by atoms with Gasteiger partial charge in [0.1, 0.15) is 11.6 Å². The average Bonchev–Trinajstić information content (AvgIpc) is 3.00. The predicted molar refractivity (Wildman–Crippen MR) is 99.3 cm³/mol. The topological polar surface area (TPSA) is 38.1 Å². The fraction of sp³-hybridized carbons (Fsp3) is 0.333. The molecule has 1 aliphatic rings. The summed E-state index contributed by atoms with van der Waals surface area (Å²) in [6.45, 7) is 3.02. The first-order chi connectivity index (χ1) is 13.4. The number of rotatable bonds is 3. The monoisotopic (exact) mass is 387 g/mol. The molecule has 7 heteroatoms. The summed E-state index contributed by atoms with van der Waals surface area (Å²) in [6.07, 6.45) is 1.50. The lowest BCUT2D eigenvalue weighted by Gasteiger charge is -2.33. The zero-order valence-electron chi connectivity index (χ0n) is 15.5. The number of halogens is 3. The highest BCUT2D eigenvalue weighted by molar-refractivity contribution is 5.79. The lowest BCUT2D eigenvalue weighted by Crippen LogP contribution is -2.40.